The van der Waals surface area contributed by atoms with Crippen LogP contribution in [0.15, 0.2) is 48.5 Å². The van der Waals surface area contributed by atoms with E-state index in [1.807, 2.05) is 54.3 Å². The fourth-order valence-corrected chi connectivity index (χ4v) is 4.53. The molecule has 6 nitrogen and oxygen atoms in total. The Kier molecular flexibility index (Phi) is 5.90. The zero-order chi connectivity index (χ0) is 21.1. The predicted octanol–water partition coefficient (Wildman–Crippen LogP) is 4.11. The smallest absolute Gasteiger partial charge is 0.230 e. The molecular weight excluding hydrogens is 396 g/mol. The Balaban J connectivity index is 1.41. The van der Waals surface area contributed by atoms with Crippen molar-refractivity contribution in [3.63, 3.8) is 0 Å². The Bertz CT molecular complexity index is 1060. The van der Waals surface area contributed by atoms with Gasteiger partial charge in [-0.15, -0.1) is 10.2 Å². The van der Waals surface area contributed by atoms with Crippen LogP contribution in [0.3, 0.4) is 0 Å². The molecule has 1 atom stereocenters. The minimum atomic E-state index is -0.123. The van der Waals surface area contributed by atoms with Gasteiger partial charge in [-0.3, -0.25) is 9.59 Å². The monoisotopic (exact) mass is 420 g/mol. The summed E-state index contributed by atoms with van der Waals surface area (Å²) in [7, 11) is 0. The number of hydrogen-bond acceptors (Lipinski definition) is 5. The molecule has 2 aromatic carbocycles. The van der Waals surface area contributed by atoms with E-state index in [0.29, 0.717) is 24.5 Å². The van der Waals surface area contributed by atoms with Gasteiger partial charge in [-0.05, 0) is 30.5 Å². The molecule has 2 amide bonds. The van der Waals surface area contributed by atoms with Gasteiger partial charge in [0.15, 0.2) is 0 Å². The molecule has 154 valence electrons. The van der Waals surface area contributed by atoms with Crippen LogP contribution in [0, 0.1) is 6.92 Å². The van der Waals surface area contributed by atoms with Gasteiger partial charge in [-0.25, -0.2) is 0 Å². The number of carbonyl (C=O) groups excluding carboxylic acids is 2. The van der Waals surface area contributed by atoms with Gasteiger partial charge in [0.05, 0.1) is 6.42 Å². The zero-order valence-corrected chi connectivity index (χ0v) is 17.9. The van der Waals surface area contributed by atoms with E-state index in [-0.39, 0.29) is 17.7 Å². The van der Waals surface area contributed by atoms with Crippen LogP contribution < -0.4 is 10.2 Å². The van der Waals surface area contributed by atoms with Gasteiger partial charge in [0, 0.05) is 24.6 Å². The molecule has 1 unspecified atom stereocenters. The summed E-state index contributed by atoms with van der Waals surface area (Å²) < 4.78 is 0. The number of aryl methyl sites for hydroxylation is 2. The highest BCUT2D eigenvalue weighted by atomic mass is 32.1. The minimum Gasteiger partial charge on any atom is -0.311 e. The molecule has 1 aliphatic heterocycles. The second kappa shape index (κ2) is 8.75. The van der Waals surface area contributed by atoms with Crippen LogP contribution in [-0.2, 0) is 22.4 Å². The maximum atomic E-state index is 12.7. The molecule has 1 aromatic heterocycles. The first kappa shape index (κ1) is 20.2. The number of anilines is 2. The SMILES string of the molecule is CCc1ccccc1N1CC(c2nnc(NC(=O)Cc3ccc(C)cc3)s2)CC1=O. The van der Waals surface area contributed by atoms with Crippen LogP contribution in [0.2, 0.25) is 0 Å². The van der Waals surface area contributed by atoms with Crippen LogP contribution in [-0.4, -0.2) is 28.6 Å². The number of amides is 2. The Labute approximate surface area is 180 Å². The lowest BCUT2D eigenvalue weighted by molar-refractivity contribution is -0.117. The van der Waals surface area contributed by atoms with Crippen molar-refractivity contribution in [1.29, 1.82) is 0 Å². The molecule has 1 N–H and O–H groups in total. The molecule has 0 bridgehead atoms. The van der Waals surface area contributed by atoms with Gasteiger partial charge >= 0.3 is 0 Å². The molecule has 1 fully saturated rings. The van der Waals surface area contributed by atoms with E-state index in [9.17, 15) is 9.59 Å². The quantitative estimate of drug-likeness (QED) is 0.651. The fourth-order valence-electron chi connectivity index (χ4n) is 3.68. The standard InChI is InChI=1S/C23H24N4O2S/c1-3-17-6-4-5-7-19(17)27-14-18(13-21(27)29)22-25-26-23(30-22)24-20(28)12-16-10-8-15(2)9-11-16/h4-11,18H,3,12-14H2,1-2H3,(H,24,26,28). The minimum absolute atomic E-state index is 0.0114. The predicted molar refractivity (Wildman–Crippen MR) is 119 cm³/mol. The summed E-state index contributed by atoms with van der Waals surface area (Å²) in [5.41, 5.74) is 4.25. The van der Waals surface area contributed by atoms with Gasteiger partial charge in [0.1, 0.15) is 5.01 Å². The fraction of sp³-hybridized carbons (Fsp3) is 0.304. The van der Waals surface area contributed by atoms with Crippen LogP contribution in [0.25, 0.3) is 0 Å². The maximum Gasteiger partial charge on any atom is 0.230 e. The second-order valence-corrected chi connectivity index (χ2v) is 8.55. The third-order valence-electron chi connectivity index (χ3n) is 5.31. The molecule has 4 rings (SSSR count). The third-order valence-corrected chi connectivity index (χ3v) is 6.31. The van der Waals surface area contributed by atoms with Crippen molar-refractivity contribution < 1.29 is 9.59 Å². The lowest BCUT2D eigenvalue weighted by atomic mass is 10.1. The van der Waals surface area contributed by atoms with Crippen molar-refractivity contribution in [1.82, 2.24) is 10.2 Å². The average molecular weight is 421 g/mol. The first-order valence-electron chi connectivity index (χ1n) is 10.1. The highest BCUT2D eigenvalue weighted by molar-refractivity contribution is 7.15. The average Bonchev–Trinajstić information content (AvgIpc) is 3.36. The highest BCUT2D eigenvalue weighted by Crippen LogP contribution is 2.35. The van der Waals surface area contributed by atoms with Crippen LogP contribution >= 0.6 is 11.3 Å². The Hall–Kier alpha value is -3.06. The van der Waals surface area contributed by atoms with Gasteiger partial charge in [-0.1, -0.05) is 66.3 Å². The van der Waals surface area contributed by atoms with E-state index in [1.54, 1.807) is 0 Å². The summed E-state index contributed by atoms with van der Waals surface area (Å²) in [6.45, 7) is 4.69. The van der Waals surface area contributed by atoms with Crippen LogP contribution in [0.4, 0.5) is 10.8 Å². The molecule has 7 heteroatoms. The van der Waals surface area contributed by atoms with Gasteiger partial charge in [-0.2, -0.15) is 0 Å². The second-order valence-electron chi connectivity index (χ2n) is 7.54. The number of rotatable bonds is 6. The maximum absolute atomic E-state index is 12.7. The Morgan fingerprint density at radius 1 is 1.17 bits per heavy atom. The summed E-state index contributed by atoms with van der Waals surface area (Å²) in [6, 6.07) is 15.9. The van der Waals surface area contributed by atoms with Gasteiger partial charge < -0.3 is 10.2 Å². The van der Waals surface area contributed by atoms with E-state index in [1.165, 1.54) is 11.3 Å². The normalized spacial score (nSPS) is 16.1. The number of hydrogen-bond donors (Lipinski definition) is 1. The topological polar surface area (TPSA) is 75.2 Å². The summed E-state index contributed by atoms with van der Waals surface area (Å²) in [4.78, 5) is 26.8. The van der Waals surface area contributed by atoms with E-state index < -0.39 is 0 Å². The van der Waals surface area contributed by atoms with Crippen molar-refractivity contribution in [2.75, 3.05) is 16.8 Å². The van der Waals surface area contributed by atoms with Crippen molar-refractivity contribution >= 4 is 34.0 Å². The number of para-hydroxylation sites is 1. The number of nitrogens with one attached hydrogen (secondary N) is 1. The van der Waals surface area contributed by atoms with E-state index in [2.05, 4.69) is 28.5 Å². The van der Waals surface area contributed by atoms with Gasteiger partial charge in [0.25, 0.3) is 0 Å². The van der Waals surface area contributed by atoms with E-state index in [0.717, 1.165) is 33.8 Å². The Morgan fingerprint density at radius 3 is 2.70 bits per heavy atom. The number of carbonyl (C=O) groups is 2. The first-order valence-corrected chi connectivity index (χ1v) is 10.9. The molecule has 0 aliphatic carbocycles. The summed E-state index contributed by atoms with van der Waals surface area (Å²) in [5.74, 6) is -0.0359. The lowest BCUT2D eigenvalue weighted by Crippen LogP contribution is -2.25. The molecule has 30 heavy (non-hydrogen) atoms. The third kappa shape index (κ3) is 4.41. The number of benzene rings is 2. The molecule has 1 saturated heterocycles. The first-order chi connectivity index (χ1) is 14.5. The van der Waals surface area contributed by atoms with Crippen molar-refractivity contribution in [2.45, 2.75) is 39.0 Å². The van der Waals surface area contributed by atoms with E-state index >= 15 is 0 Å². The van der Waals surface area contributed by atoms with Crippen molar-refractivity contribution in [2.24, 2.45) is 0 Å². The number of aromatic nitrogens is 2. The molecule has 0 spiro atoms. The van der Waals surface area contributed by atoms with Crippen molar-refractivity contribution in [3.8, 4) is 0 Å². The van der Waals surface area contributed by atoms with Gasteiger partial charge in [0.2, 0.25) is 16.9 Å². The molecular formula is C23H24N4O2S. The molecule has 0 radical (unpaired) electrons. The summed E-state index contributed by atoms with van der Waals surface area (Å²) in [6.07, 6.45) is 1.57. The number of nitrogens with zero attached hydrogens (tertiary/aromatic N) is 3. The van der Waals surface area contributed by atoms with Crippen LogP contribution in [0.1, 0.15) is 41.0 Å². The summed E-state index contributed by atoms with van der Waals surface area (Å²) >= 11 is 1.35. The lowest BCUT2D eigenvalue weighted by Gasteiger charge is -2.19. The largest absolute Gasteiger partial charge is 0.311 e. The molecule has 0 saturated carbocycles. The molecule has 3 aromatic rings. The zero-order valence-electron chi connectivity index (χ0n) is 17.1. The highest BCUT2D eigenvalue weighted by Gasteiger charge is 2.34. The van der Waals surface area contributed by atoms with E-state index in [4.69, 9.17) is 0 Å². The summed E-state index contributed by atoms with van der Waals surface area (Å²) in [5, 5.41) is 12.5. The van der Waals surface area contributed by atoms with Crippen LogP contribution in [0.5, 0.6) is 0 Å². The molecule has 1 aliphatic rings. The molecule has 2 heterocycles. The Morgan fingerprint density at radius 2 is 1.93 bits per heavy atom. The van der Waals surface area contributed by atoms with Crippen molar-refractivity contribution in [3.05, 3.63) is 70.2 Å².